The van der Waals surface area contributed by atoms with Gasteiger partial charge in [-0.1, -0.05) is 41.1 Å². The molecule has 0 spiro atoms. The predicted molar refractivity (Wildman–Crippen MR) is 142 cm³/mol. The van der Waals surface area contributed by atoms with Gasteiger partial charge in [-0.15, -0.1) is 0 Å². The van der Waals surface area contributed by atoms with Crippen LogP contribution in [-0.4, -0.2) is 57.1 Å². The third-order valence-corrected chi connectivity index (χ3v) is 7.37. The number of carbonyl (C=O) groups is 2. The molecule has 0 radical (unpaired) electrons. The van der Waals surface area contributed by atoms with E-state index in [4.69, 9.17) is 4.74 Å². The smallest absolute Gasteiger partial charge is 0.244 e. The predicted octanol–water partition coefficient (Wildman–Crippen LogP) is 3.86. The molecule has 0 aliphatic heterocycles. The lowest BCUT2D eigenvalue weighted by molar-refractivity contribution is -0.139. The zero-order valence-electron chi connectivity index (χ0n) is 21.0. The quantitative estimate of drug-likeness (QED) is 0.444. The molecule has 0 fully saturated rings. The first-order valence-electron chi connectivity index (χ1n) is 11.3. The molecule has 8 nitrogen and oxygen atoms in total. The Morgan fingerprint density at radius 1 is 1.11 bits per heavy atom. The monoisotopic (exact) mass is 567 g/mol. The average molecular weight is 569 g/mol. The highest BCUT2D eigenvalue weighted by atomic mass is 79.9. The number of aryl methyl sites for hydroxylation is 1. The largest absolute Gasteiger partial charge is 0.495 e. The van der Waals surface area contributed by atoms with Crippen LogP contribution in [0, 0.1) is 6.92 Å². The molecule has 0 bridgehead atoms. The zero-order chi connectivity index (χ0) is 26.3. The van der Waals surface area contributed by atoms with Gasteiger partial charge in [-0.2, -0.15) is 0 Å². The van der Waals surface area contributed by atoms with Crippen molar-refractivity contribution in [1.29, 1.82) is 0 Å². The first kappa shape index (κ1) is 28.6. The number of rotatable bonds is 11. The summed E-state index contributed by atoms with van der Waals surface area (Å²) in [6, 6.07) is 11.6. The van der Waals surface area contributed by atoms with Crippen LogP contribution in [0.2, 0.25) is 0 Å². The van der Waals surface area contributed by atoms with Crippen molar-refractivity contribution in [1.82, 2.24) is 10.2 Å². The minimum atomic E-state index is -3.84. The molecule has 2 aromatic carbocycles. The maximum atomic E-state index is 13.6. The maximum Gasteiger partial charge on any atom is 0.244 e. The number of halogens is 1. The number of sulfonamides is 1. The van der Waals surface area contributed by atoms with E-state index in [9.17, 15) is 18.0 Å². The number of benzene rings is 2. The Morgan fingerprint density at radius 2 is 1.74 bits per heavy atom. The number of ether oxygens (including phenoxy) is 1. The van der Waals surface area contributed by atoms with Gasteiger partial charge in [0.1, 0.15) is 18.3 Å². The summed E-state index contributed by atoms with van der Waals surface area (Å²) in [4.78, 5) is 28.0. The van der Waals surface area contributed by atoms with Crippen molar-refractivity contribution in [3.8, 4) is 5.75 Å². The average Bonchev–Trinajstić information content (AvgIpc) is 2.80. The molecule has 0 heterocycles. The number of carbonyl (C=O) groups excluding carboxylic acids is 2. The standard InChI is InChI=1S/C25H34BrN3O5S/c1-7-18(3)27-25(31)19(4)28(15-20-9-11-21(26)12-10-20)24(30)16-29(35(6,32)33)22-14-17(2)8-13-23(22)34-5/h8-14,18-19H,7,15-16H2,1-6H3,(H,27,31). The number of hydrogen-bond acceptors (Lipinski definition) is 5. The van der Waals surface area contributed by atoms with E-state index < -0.39 is 28.5 Å². The lowest BCUT2D eigenvalue weighted by atomic mass is 10.1. The van der Waals surface area contributed by atoms with E-state index in [0.717, 1.165) is 32.6 Å². The van der Waals surface area contributed by atoms with Crippen molar-refractivity contribution < 1.29 is 22.7 Å². The lowest BCUT2D eigenvalue weighted by Crippen LogP contribution is -2.52. The summed E-state index contributed by atoms with van der Waals surface area (Å²) in [5, 5.41) is 2.91. The fraction of sp³-hybridized carbons (Fsp3) is 0.440. The van der Waals surface area contributed by atoms with Gasteiger partial charge in [-0.05, 0) is 62.6 Å². The van der Waals surface area contributed by atoms with Crippen molar-refractivity contribution in [3.63, 3.8) is 0 Å². The molecular weight excluding hydrogens is 534 g/mol. The molecular formula is C25H34BrN3O5S. The number of nitrogens with one attached hydrogen (secondary N) is 1. The van der Waals surface area contributed by atoms with Crippen molar-refractivity contribution in [2.75, 3.05) is 24.2 Å². The van der Waals surface area contributed by atoms with Gasteiger partial charge in [0, 0.05) is 17.1 Å². The number of nitrogens with zero attached hydrogens (tertiary/aromatic N) is 2. The topological polar surface area (TPSA) is 96.0 Å². The fourth-order valence-corrected chi connectivity index (χ4v) is 4.53. The molecule has 192 valence electrons. The summed E-state index contributed by atoms with van der Waals surface area (Å²) in [5.74, 6) is -0.478. The van der Waals surface area contributed by atoms with Gasteiger partial charge in [0.15, 0.2) is 0 Å². The summed E-state index contributed by atoms with van der Waals surface area (Å²) >= 11 is 3.40. The second-order valence-electron chi connectivity index (χ2n) is 8.59. The zero-order valence-corrected chi connectivity index (χ0v) is 23.4. The molecule has 35 heavy (non-hydrogen) atoms. The van der Waals surface area contributed by atoms with Crippen LogP contribution in [0.4, 0.5) is 5.69 Å². The maximum absolute atomic E-state index is 13.6. The van der Waals surface area contributed by atoms with E-state index >= 15 is 0 Å². The van der Waals surface area contributed by atoms with Crippen LogP contribution in [0.25, 0.3) is 0 Å². The normalized spacial score (nSPS) is 13.0. The van der Waals surface area contributed by atoms with Crippen molar-refractivity contribution in [2.45, 2.75) is 52.7 Å². The van der Waals surface area contributed by atoms with Gasteiger partial charge < -0.3 is 15.0 Å². The second-order valence-corrected chi connectivity index (χ2v) is 11.4. The van der Waals surface area contributed by atoms with Crippen LogP contribution >= 0.6 is 15.9 Å². The van der Waals surface area contributed by atoms with Gasteiger partial charge in [0.25, 0.3) is 0 Å². The number of hydrogen-bond donors (Lipinski definition) is 1. The minimum Gasteiger partial charge on any atom is -0.495 e. The van der Waals surface area contributed by atoms with Crippen molar-refractivity contribution >= 4 is 43.5 Å². The number of amides is 2. The summed E-state index contributed by atoms with van der Waals surface area (Å²) in [7, 11) is -2.40. The molecule has 2 amide bonds. The highest BCUT2D eigenvalue weighted by molar-refractivity contribution is 9.10. The van der Waals surface area contributed by atoms with Gasteiger partial charge >= 0.3 is 0 Å². The molecule has 2 unspecified atom stereocenters. The molecule has 0 saturated heterocycles. The Hall–Kier alpha value is -2.59. The van der Waals surface area contributed by atoms with E-state index in [1.807, 2.05) is 45.0 Å². The van der Waals surface area contributed by atoms with Crippen LogP contribution in [0.5, 0.6) is 5.75 Å². The fourth-order valence-electron chi connectivity index (χ4n) is 3.42. The van der Waals surface area contributed by atoms with Crippen LogP contribution in [0.15, 0.2) is 46.9 Å². The first-order chi connectivity index (χ1) is 16.4. The van der Waals surface area contributed by atoms with E-state index in [2.05, 4.69) is 21.2 Å². The summed E-state index contributed by atoms with van der Waals surface area (Å²) in [5.41, 5.74) is 1.89. The van der Waals surface area contributed by atoms with E-state index in [-0.39, 0.29) is 24.2 Å². The van der Waals surface area contributed by atoms with Crippen LogP contribution in [0.3, 0.4) is 0 Å². The summed E-state index contributed by atoms with van der Waals surface area (Å²) in [6.07, 6.45) is 1.79. The van der Waals surface area contributed by atoms with Crippen LogP contribution in [0.1, 0.15) is 38.3 Å². The Labute approximate surface area is 216 Å². The van der Waals surface area contributed by atoms with Gasteiger partial charge in [0.05, 0.1) is 19.1 Å². The van der Waals surface area contributed by atoms with Gasteiger partial charge in [-0.25, -0.2) is 8.42 Å². The van der Waals surface area contributed by atoms with Crippen molar-refractivity contribution in [2.24, 2.45) is 0 Å². The van der Waals surface area contributed by atoms with E-state index in [0.29, 0.717) is 5.75 Å². The summed E-state index contributed by atoms with van der Waals surface area (Å²) in [6.45, 7) is 6.99. The molecule has 1 N–H and O–H groups in total. The Bertz CT molecular complexity index is 1140. The summed E-state index contributed by atoms with van der Waals surface area (Å²) < 4.78 is 32.8. The highest BCUT2D eigenvalue weighted by Gasteiger charge is 2.31. The van der Waals surface area contributed by atoms with E-state index in [1.54, 1.807) is 25.1 Å². The molecule has 0 aliphatic carbocycles. The Morgan fingerprint density at radius 3 is 2.29 bits per heavy atom. The number of anilines is 1. The van der Waals surface area contributed by atoms with Crippen molar-refractivity contribution in [3.05, 3.63) is 58.1 Å². The molecule has 2 atom stereocenters. The molecule has 10 heteroatoms. The Balaban J connectivity index is 2.45. The lowest BCUT2D eigenvalue weighted by Gasteiger charge is -2.32. The molecule has 2 rings (SSSR count). The number of methoxy groups -OCH3 is 1. The Kier molecular flexibility index (Phi) is 10.1. The molecule has 0 aliphatic rings. The molecule has 2 aromatic rings. The molecule has 0 aromatic heterocycles. The van der Waals surface area contributed by atoms with Gasteiger partial charge in [-0.3, -0.25) is 13.9 Å². The van der Waals surface area contributed by atoms with E-state index in [1.165, 1.54) is 12.0 Å². The third kappa shape index (κ3) is 7.96. The van der Waals surface area contributed by atoms with Gasteiger partial charge in [0.2, 0.25) is 21.8 Å². The molecule has 0 saturated carbocycles. The highest BCUT2D eigenvalue weighted by Crippen LogP contribution is 2.31. The van der Waals surface area contributed by atoms with Crippen LogP contribution in [-0.2, 0) is 26.2 Å². The second kappa shape index (κ2) is 12.4. The first-order valence-corrected chi connectivity index (χ1v) is 14.0. The SMILES string of the molecule is CCC(C)NC(=O)C(C)N(Cc1ccc(Br)cc1)C(=O)CN(c1cc(C)ccc1OC)S(C)(=O)=O. The third-order valence-electron chi connectivity index (χ3n) is 5.72. The minimum absolute atomic E-state index is 0.0568. The van der Waals surface area contributed by atoms with Crippen LogP contribution < -0.4 is 14.4 Å².